The maximum absolute atomic E-state index is 12.4. The third-order valence-corrected chi connectivity index (χ3v) is 2.25. The van der Waals surface area contributed by atoms with Gasteiger partial charge in [0.2, 0.25) is 0 Å². The van der Waals surface area contributed by atoms with Crippen molar-refractivity contribution in [1.29, 1.82) is 5.26 Å². The summed E-state index contributed by atoms with van der Waals surface area (Å²) in [6.45, 7) is 0. The highest BCUT2D eigenvalue weighted by molar-refractivity contribution is 7.87. The van der Waals surface area contributed by atoms with E-state index in [1.54, 1.807) is 0 Å². The van der Waals surface area contributed by atoms with E-state index >= 15 is 0 Å². The molecule has 0 aromatic carbocycles. The van der Waals surface area contributed by atoms with Gasteiger partial charge in [0.05, 0.1) is 6.07 Å². The Morgan fingerprint density at radius 1 is 1.29 bits per heavy atom. The van der Waals surface area contributed by atoms with E-state index in [4.69, 9.17) is 9.81 Å². The van der Waals surface area contributed by atoms with Crippen LogP contribution in [0.25, 0.3) is 0 Å². The molecule has 82 valence electrons. The van der Waals surface area contributed by atoms with E-state index in [2.05, 4.69) is 0 Å². The molecule has 0 aliphatic heterocycles. The molecule has 0 amide bonds. The van der Waals surface area contributed by atoms with E-state index in [1.165, 1.54) is 0 Å². The Balaban J connectivity index is 5.00. The Kier molecular flexibility index (Phi) is 3.47. The first kappa shape index (κ1) is 13.1. The fourth-order valence-electron chi connectivity index (χ4n) is 0.547. The molecule has 0 aliphatic carbocycles. The van der Waals surface area contributed by atoms with Crippen LogP contribution in [0.4, 0.5) is 17.6 Å². The lowest BCUT2D eigenvalue weighted by Crippen LogP contribution is -2.46. The van der Waals surface area contributed by atoms with E-state index in [1.807, 2.05) is 0 Å². The van der Waals surface area contributed by atoms with Crippen LogP contribution in [-0.4, -0.2) is 24.1 Å². The van der Waals surface area contributed by atoms with Gasteiger partial charge < -0.3 is 0 Å². The van der Waals surface area contributed by atoms with Crippen LogP contribution < -0.4 is 0 Å². The second-order valence-corrected chi connectivity index (χ2v) is 3.82. The number of nitrogens with zero attached hydrogens (tertiary/aromatic N) is 1. The minimum absolute atomic E-state index is 0.946. The van der Waals surface area contributed by atoms with Crippen molar-refractivity contribution >= 4 is 10.1 Å². The molecule has 14 heavy (non-hydrogen) atoms. The van der Waals surface area contributed by atoms with E-state index in [9.17, 15) is 26.0 Å². The van der Waals surface area contributed by atoms with Gasteiger partial charge in [0, 0.05) is 12.8 Å². The highest BCUT2D eigenvalue weighted by atomic mass is 32.2. The van der Waals surface area contributed by atoms with E-state index in [-0.39, 0.29) is 0 Å². The molecule has 0 fully saturated rings. The van der Waals surface area contributed by atoms with Gasteiger partial charge in [-0.25, -0.2) is 0 Å². The Labute approximate surface area is 76.9 Å². The summed E-state index contributed by atoms with van der Waals surface area (Å²) in [6.07, 6.45) is -2.59. The smallest absolute Gasteiger partial charge is 0.281 e. The molecule has 0 saturated heterocycles. The Hall–Kier alpha value is -0.880. The summed E-state index contributed by atoms with van der Waals surface area (Å²) >= 11 is 0. The van der Waals surface area contributed by atoms with Gasteiger partial charge >= 0.3 is 21.3 Å². The van der Waals surface area contributed by atoms with Crippen molar-refractivity contribution in [1.82, 2.24) is 0 Å². The molecule has 0 atom stereocenters. The lowest BCUT2D eigenvalue weighted by molar-refractivity contribution is -0.163. The molecular formula is C5H5F4NO3S. The molecule has 0 aromatic heterocycles. The first-order chi connectivity index (χ1) is 6.06. The fourth-order valence-corrected chi connectivity index (χ4v) is 1.03. The summed E-state index contributed by atoms with van der Waals surface area (Å²) in [4.78, 5) is 0. The molecule has 0 aliphatic rings. The third kappa shape index (κ3) is 2.33. The highest BCUT2D eigenvalue weighted by Gasteiger charge is 2.64. The Bertz CT molecular complexity index is 344. The van der Waals surface area contributed by atoms with Gasteiger partial charge in [-0.15, -0.1) is 0 Å². The summed E-state index contributed by atoms with van der Waals surface area (Å²) in [6, 6.07) is 1.16. The molecule has 4 nitrogen and oxygen atoms in total. The quantitative estimate of drug-likeness (QED) is 0.590. The fraction of sp³-hybridized carbons (Fsp3) is 0.800. The number of rotatable bonds is 4. The number of nitriles is 1. The molecule has 0 rings (SSSR count). The number of alkyl halides is 4. The molecule has 0 aromatic rings. The summed E-state index contributed by atoms with van der Waals surface area (Å²) in [5.74, 6) is -4.96. The first-order valence-electron chi connectivity index (χ1n) is 3.16. The zero-order valence-electron chi connectivity index (χ0n) is 6.55. The minimum Gasteiger partial charge on any atom is -0.281 e. The van der Waals surface area contributed by atoms with Crippen molar-refractivity contribution in [3.63, 3.8) is 0 Å². The first-order valence-corrected chi connectivity index (χ1v) is 4.60. The predicted molar refractivity (Wildman–Crippen MR) is 36.3 cm³/mol. The average Bonchev–Trinajstić information content (AvgIpc) is 1.98. The average molecular weight is 235 g/mol. The standard InChI is InChI=1S/C5H5F4NO3S/c6-4(7,2-1-3-10)5(8,9)14(11,12)13/h1-2H2,(H,11,12,13). The molecule has 0 bridgehead atoms. The van der Waals surface area contributed by atoms with Crippen LogP contribution in [0.5, 0.6) is 0 Å². The van der Waals surface area contributed by atoms with Crippen LogP contribution in [0.2, 0.25) is 0 Å². The van der Waals surface area contributed by atoms with Crippen molar-refractivity contribution in [3.05, 3.63) is 0 Å². The van der Waals surface area contributed by atoms with E-state index in [0.29, 0.717) is 0 Å². The molecule has 0 radical (unpaired) electrons. The zero-order valence-corrected chi connectivity index (χ0v) is 7.36. The SMILES string of the molecule is N#CCCC(F)(F)C(F)(F)S(=O)(=O)O. The van der Waals surface area contributed by atoms with E-state index < -0.39 is 34.1 Å². The Morgan fingerprint density at radius 2 is 1.71 bits per heavy atom. The van der Waals surface area contributed by atoms with Gasteiger partial charge in [-0.05, 0) is 0 Å². The number of halogens is 4. The predicted octanol–water partition coefficient (Wildman–Crippen LogP) is 1.41. The van der Waals surface area contributed by atoms with Crippen LogP contribution in [0.1, 0.15) is 12.8 Å². The molecule has 0 saturated carbocycles. The topological polar surface area (TPSA) is 78.2 Å². The van der Waals surface area contributed by atoms with Crippen LogP contribution in [0, 0.1) is 11.3 Å². The zero-order chi connectivity index (χ0) is 11.6. The van der Waals surface area contributed by atoms with Gasteiger partial charge in [-0.3, -0.25) is 4.55 Å². The second-order valence-electron chi connectivity index (χ2n) is 2.35. The van der Waals surface area contributed by atoms with Gasteiger partial charge in [0.25, 0.3) is 0 Å². The Morgan fingerprint density at radius 3 is 2.00 bits per heavy atom. The number of hydrogen-bond donors (Lipinski definition) is 1. The van der Waals surface area contributed by atoms with Gasteiger partial charge in [-0.2, -0.15) is 31.2 Å². The highest BCUT2D eigenvalue weighted by Crippen LogP contribution is 2.41. The molecule has 9 heteroatoms. The van der Waals surface area contributed by atoms with Crippen molar-refractivity contribution < 1.29 is 30.5 Å². The third-order valence-electron chi connectivity index (χ3n) is 1.30. The van der Waals surface area contributed by atoms with Crippen molar-refractivity contribution in [3.8, 4) is 6.07 Å². The second kappa shape index (κ2) is 3.70. The normalized spacial score (nSPS) is 13.7. The molecule has 0 spiro atoms. The summed E-state index contributed by atoms with van der Waals surface area (Å²) in [5, 5.41) is 2.29. The van der Waals surface area contributed by atoms with Crippen molar-refractivity contribution in [2.75, 3.05) is 0 Å². The van der Waals surface area contributed by atoms with Crippen LogP contribution in [0.15, 0.2) is 0 Å². The lowest BCUT2D eigenvalue weighted by Gasteiger charge is -2.22. The molecular weight excluding hydrogens is 230 g/mol. The summed E-state index contributed by atoms with van der Waals surface area (Å²) in [5.41, 5.74) is 0. The maximum Gasteiger partial charge on any atom is 0.431 e. The van der Waals surface area contributed by atoms with Crippen LogP contribution in [0.3, 0.4) is 0 Å². The van der Waals surface area contributed by atoms with Crippen LogP contribution in [-0.2, 0) is 10.1 Å². The summed E-state index contributed by atoms with van der Waals surface area (Å²) in [7, 11) is -6.18. The number of hydrogen-bond acceptors (Lipinski definition) is 3. The van der Waals surface area contributed by atoms with Crippen molar-refractivity contribution in [2.45, 2.75) is 24.0 Å². The summed E-state index contributed by atoms with van der Waals surface area (Å²) < 4.78 is 77.2. The van der Waals surface area contributed by atoms with Gasteiger partial charge in [0.15, 0.2) is 0 Å². The van der Waals surface area contributed by atoms with E-state index in [0.717, 1.165) is 6.07 Å². The monoisotopic (exact) mass is 235 g/mol. The molecule has 0 heterocycles. The van der Waals surface area contributed by atoms with Crippen molar-refractivity contribution in [2.24, 2.45) is 0 Å². The largest absolute Gasteiger partial charge is 0.431 e. The van der Waals surface area contributed by atoms with Gasteiger partial charge in [0.1, 0.15) is 0 Å². The maximum atomic E-state index is 12.4. The minimum atomic E-state index is -6.18. The molecule has 0 unspecified atom stereocenters. The lowest BCUT2D eigenvalue weighted by atomic mass is 10.2. The van der Waals surface area contributed by atoms with Gasteiger partial charge in [-0.1, -0.05) is 0 Å². The molecule has 1 N–H and O–H groups in total. The van der Waals surface area contributed by atoms with Crippen LogP contribution >= 0.6 is 0 Å².